The van der Waals surface area contributed by atoms with Gasteiger partial charge in [-0.25, -0.2) is 0 Å². The molecule has 3 nitrogen and oxygen atoms in total. The average Bonchev–Trinajstić information content (AvgIpc) is 2.76. The molecule has 0 spiro atoms. The Balaban J connectivity index is 1.94. The van der Waals surface area contributed by atoms with Crippen molar-refractivity contribution in [1.82, 2.24) is 0 Å². The van der Waals surface area contributed by atoms with Crippen LogP contribution in [0, 0.1) is 0 Å². The van der Waals surface area contributed by atoms with Crippen LogP contribution in [-0.4, -0.2) is 0 Å². The van der Waals surface area contributed by atoms with Gasteiger partial charge in [0.25, 0.3) is 0 Å². The second kappa shape index (κ2) is 5.18. The summed E-state index contributed by atoms with van der Waals surface area (Å²) >= 11 is 3.37. The SMILES string of the molecule is NCc1ccc(COc2ccc(Br)cc2)o1. The summed E-state index contributed by atoms with van der Waals surface area (Å²) in [6.45, 7) is 0.833. The first kappa shape index (κ1) is 11.2. The maximum Gasteiger partial charge on any atom is 0.146 e. The fraction of sp³-hybridized carbons (Fsp3) is 0.167. The van der Waals surface area contributed by atoms with Crippen LogP contribution in [-0.2, 0) is 13.2 Å². The highest BCUT2D eigenvalue weighted by Crippen LogP contribution is 2.17. The lowest BCUT2D eigenvalue weighted by Crippen LogP contribution is -1.95. The van der Waals surface area contributed by atoms with E-state index in [2.05, 4.69) is 15.9 Å². The Morgan fingerprint density at radius 2 is 1.75 bits per heavy atom. The van der Waals surface area contributed by atoms with E-state index < -0.39 is 0 Å². The van der Waals surface area contributed by atoms with Crippen molar-refractivity contribution in [1.29, 1.82) is 0 Å². The zero-order valence-corrected chi connectivity index (χ0v) is 10.2. The van der Waals surface area contributed by atoms with Crippen molar-refractivity contribution >= 4 is 15.9 Å². The second-order valence-electron chi connectivity index (χ2n) is 3.31. The van der Waals surface area contributed by atoms with Crippen LogP contribution < -0.4 is 10.5 Å². The Hall–Kier alpha value is -1.26. The van der Waals surface area contributed by atoms with Gasteiger partial charge in [0.2, 0.25) is 0 Å². The lowest BCUT2D eigenvalue weighted by atomic mass is 10.3. The van der Waals surface area contributed by atoms with E-state index in [-0.39, 0.29) is 0 Å². The van der Waals surface area contributed by atoms with Crippen molar-refractivity contribution in [2.75, 3.05) is 0 Å². The third-order valence-electron chi connectivity index (χ3n) is 2.11. The van der Waals surface area contributed by atoms with Crippen molar-refractivity contribution in [3.8, 4) is 5.75 Å². The molecule has 1 heterocycles. The summed E-state index contributed by atoms with van der Waals surface area (Å²) in [6.07, 6.45) is 0. The van der Waals surface area contributed by atoms with Gasteiger partial charge in [-0.1, -0.05) is 15.9 Å². The van der Waals surface area contributed by atoms with E-state index in [1.165, 1.54) is 0 Å². The van der Waals surface area contributed by atoms with Gasteiger partial charge in [-0.3, -0.25) is 0 Å². The number of rotatable bonds is 4. The van der Waals surface area contributed by atoms with Crippen LogP contribution in [0.4, 0.5) is 0 Å². The molecule has 0 bridgehead atoms. The third-order valence-corrected chi connectivity index (χ3v) is 2.64. The summed E-state index contributed by atoms with van der Waals surface area (Å²) in [5, 5.41) is 0. The fourth-order valence-electron chi connectivity index (χ4n) is 1.29. The van der Waals surface area contributed by atoms with Crippen LogP contribution in [0.25, 0.3) is 0 Å². The van der Waals surface area contributed by atoms with Gasteiger partial charge in [-0.15, -0.1) is 0 Å². The predicted molar refractivity (Wildman–Crippen MR) is 65.1 cm³/mol. The molecular formula is C12H12BrNO2. The Labute approximate surface area is 102 Å². The maximum absolute atomic E-state index is 5.55. The van der Waals surface area contributed by atoms with Crippen LogP contribution in [0.3, 0.4) is 0 Å². The number of benzene rings is 1. The topological polar surface area (TPSA) is 48.4 Å². The first-order valence-electron chi connectivity index (χ1n) is 4.94. The van der Waals surface area contributed by atoms with Crippen molar-refractivity contribution in [2.24, 2.45) is 5.73 Å². The monoisotopic (exact) mass is 281 g/mol. The summed E-state index contributed by atoms with van der Waals surface area (Å²) in [5.41, 5.74) is 5.45. The lowest BCUT2D eigenvalue weighted by molar-refractivity contribution is 0.266. The smallest absolute Gasteiger partial charge is 0.146 e. The molecule has 0 radical (unpaired) electrons. The molecule has 0 atom stereocenters. The molecule has 1 aromatic carbocycles. The molecule has 0 saturated heterocycles. The Kier molecular flexibility index (Phi) is 3.64. The first-order chi connectivity index (χ1) is 7.78. The summed E-state index contributed by atoms with van der Waals surface area (Å²) in [5.74, 6) is 2.37. The quantitative estimate of drug-likeness (QED) is 0.937. The average molecular weight is 282 g/mol. The Morgan fingerprint density at radius 1 is 1.06 bits per heavy atom. The van der Waals surface area contributed by atoms with Gasteiger partial charge < -0.3 is 14.9 Å². The predicted octanol–water partition coefficient (Wildman–Crippen LogP) is 3.08. The number of ether oxygens (including phenoxy) is 1. The fourth-order valence-corrected chi connectivity index (χ4v) is 1.56. The van der Waals surface area contributed by atoms with Gasteiger partial charge in [-0.2, -0.15) is 0 Å². The maximum atomic E-state index is 5.55. The van der Waals surface area contributed by atoms with Crippen LogP contribution in [0.15, 0.2) is 45.3 Å². The standard InChI is InChI=1S/C12H12BrNO2/c13-9-1-3-10(4-2-9)15-8-12-6-5-11(7-14)16-12/h1-6H,7-8,14H2. The molecular weight excluding hydrogens is 270 g/mol. The normalized spacial score (nSPS) is 10.4. The lowest BCUT2D eigenvalue weighted by Gasteiger charge is -2.03. The molecule has 0 aliphatic carbocycles. The van der Waals surface area contributed by atoms with Gasteiger partial charge >= 0.3 is 0 Å². The zero-order chi connectivity index (χ0) is 11.4. The van der Waals surface area contributed by atoms with Gasteiger partial charge in [0.05, 0.1) is 6.54 Å². The first-order valence-corrected chi connectivity index (χ1v) is 5.73. The van der Waals surface area contributed by atoms with Gasteiger partial charge in [0.15, 0.2) is 0 Å². The minimum Gasteiger partial charge on any atom is -0.486 e. The molecule has 0 amide bonds. The van der Waals surface area contributed by atoms with Crippen LogP contribution in [0.2, 0.25) is 0 Å². The van der Waals surface area contributed by atoms with Crippen molar-refractivity contribution in [2.45, 2.75) is 13.2 Å². The highest BCUT2D eigenvalue weighted by atomic mass is 79.9. The number of furan rings is 1. The van der Waals surface area contributed by atoms with E-state index in [9.17, 15) is 0 Å². The van der Waals surface area contributed by atoms with E-state index in [4.69, 9.17) is 14.9 Å². The summed E-state index contributed by atoms with van der Waals surface area (Å²) < 4.78 is 12.0. The van der Waals surface area contributed by atoms with Gasteiger partial charge in [0, 0.05) is 4.47 Å². The highest BCUT2D eigenvalue weighted by Gasteiger charge is 2.01. The third kappa shape index (κ3) is 2.87. The molecule has 0 aliphatic rings. The van der Waals surface area contributed by atoms with Crippen LogP contribution in [0.1, 0.15) is 11.5 Å². The number of halogens is 1. The zero-order valence-electron chi connectivity index (χ0n) is 8.65. The summed E-state index contributed by atoms with van der Waals surface area (Å²) in [4.78, 5) is 0. The molecule has 2 aromatic rings. The molecule has 0 aliphatic heterocycles. The number of nitrogens with two attached hydrogens (primary N) is 1. The minimum absolute atomic E-state index is 0.415. The number of hydrogen-bond acceptors (Lipinski definition) is 3. The Bertz CT molecular complexity index is 450. The molecule has 1 aromatic heterocycles. The molecule has 0 saturated carbocycles. The van der Waals surface area contributed by atoms with Gasteiger partial charge in [0.1, 0.15) is 23.9 Å². The van der Waals surface area contributed by atoms with Crippen molar-refractivity contribution < 1.29 is 9.15 Å². The van der Waals surface area contributed by atoms with Gasteiger partial charge in [-0.05, 0) is 36.4 Å². The molecule has 0 fully saturated rings. The molecule has 84 valence electrons. The van der Waals surface area contributed by atoms with Crippen LogP contribution in [0.5, 0.6) is 5.75 Å². The summed E-state index contributed by atoms with van der Waals surface area (Å²) in [6, 6.07) is 11.4. The molecule has 4 heteroatoms. The van der Waals surface area contributed by atoms with E-state index >= 15 is 0 Å². The van der Waals surface area contributed by atoms with Crippen LogP contribution >= 0.6 is 15.9 Å². The molecule has 16 heavy (non-hydrogen) atoms. The van der Waals surface area contributed by atoms with E-state index in [1.54, 1.807) is 0 Å². The van der Waals surface area contributed by atoms with E-state index in [1.807, 2.05) is 36.4 Å². The highest BCUT2D eigenvalue weighted by molar-refractivity contribution is 9.10. The molecule has 2 N–H and O–H groups in total. The van der Waals surface area contributed by atoms with E-state index in [0.717, 1.165) is 21.7 Å². The molecule has 0 unspecified atom stereocenters. The largest absolute Gasteiger partial charge is 0.486 e. The second-order valence-corrected chi connectivity index (χ2v) is 4.23. The minimum atomic E-state index is 0.415. The summed E-state index contributed by atoms with van der Waals surface area (Å²) in [7, 11) is 0. The van der Waals surface area contributed by atoms with E-state index in [0.29, 0.717) is 13.2 Å². The number of hydrogen-bond donors (Lipinski definition) is 1. The Morgan fingerprint density at radius 3 is 2.38 bits per heavy atom. The molecule has 2 rings (SSSR count). The van der Waals surface area contributed by atoms with Crippen molar-refractivity contribution in [3.05, 3.63) is 52.4 Å². The van der Waals surface area contributed by atoms with Crippen molar-refractivity contribution in [3.63, 3.8) is 0 Å².